The van der Waals surface area contributed by atoms with Gasteiger partial charge in [0.25, 0.3) is 0 Å². The molecule has 0 amide bonds. The second kappa shape index (κ2) is 3.64. The van der Waals surface area contributed by atoms with E-state index in [4.69, 9.17) is 0 Å². The number of hydrogen-bond donors (Lipinski definition) is 1. The van der Waals surface area contributed by atoms with Crippen molar-refractivity contribution in [3.05, 3.63) is 24.2 Å². The van der Waals surface area contributed by atoms with E-state index in [1.165, 1.54) is 10.7 Å². The van der Waals surface area contributed by atoms with Crippen LogP contribution >= 0.6 is 0 Å². The van der Waals surface area contributed by atoms with Crippen molar-refractivity contribution >= 4 is 5.65 Å². The van der Waals surface area contributed by atoms with Gasteiger partial charge in [-0.3, -0.25) is 0 Å². The largest absolute Gasteiger partial charge is 0.402 e. The van der Waals surface area contributed by atoms with Crippen LogP contribution in [0.25, 0.3) is 5.65 Å². The summed E-state index contributed by atoms with van der Waals surface area (Å²) in [5.41, 5.74) is -1.68. The van der Waals surface area contributed by atoms with Crippen LogP contribution in [0.1, 0.15) is 12.2 Å². The maximum Gasteiger partial charge on any atom is 0.402 e. The van der Waals surface area contributed by atoms with Crippen LogP contribution in [0.2, 0.25) is 0 Å². The molecule has 1 fully saturated rings. The first-order valence-electron chi connectivity index (χ1n) is 5.49. The molecular formula is C10H10F3N5. The van der Waals surface area contributed by atoms with Crippen molar-refractivity contribution in [2.24, 2.45) is 0 Å². The Labute approximate surface area is 100 Å². The van der Waals surface area contributed by atoms with Gasteiger partial charge < -0.3 is 5.32 Å². The summed E-state index contributed by atoms with van der Waals surface area (Å²) >= 11 is 0. The van der Waals surface area contributed by atoms with Gasteiger partial charge >= 0.3 is 6.18 Å². The van der Waals surface area contributed by atoms with E-state index in [1.54, 1.807) is 12.1 Å². The minimum Gasteiger partial charge on any atom is -0.315 e. The first-order valence-corrected chi connectivity index (χ1v) is 5.49. The van der Waals surface area contributed by atoms with Gasteiger partial charge in [0.2, 0.25) is 0 Å². The van der Waals surface area contributed by atoms with Crippen molar-refractivity contribution in [3.63, 3.8) is 0 Å². The average Bonchev–Trinajstić information content (AvgIpc) is 2.94. The molecule has 96 valence electrons. The Balaban J connectivity index is 2.22. The second-order valence-electron chi connectivity index (χ2n) is 4.32. The van der Waals surface area contributed by atoms with Crippen LogP contribution in [0.5, 0.6) is 0 Å². The highest BCUT2D eigenvalue weighted by Crippen LogP contribution is 2.44. The first kappa shape index (κ1) is 11.4. The fourth-order valence-corrected chi connectivity index (χ4v) is 2.29. The van der Waals surface area contributed by atoms with E-state index in [2.05, 4.69) is 20.6 Å². The molecule has 3 rings (SSSR count). The molecule has 0 aliphatic carbocycles. The Morgan fingerprint density at radius 3 is 2.83 bits per heavy atom. The van der Waals surface area contributed by atoms with E-state index in [0.29, 0.717) is 12.2 Å². The highest BCUT2D eigenvalue weighted by Gasteiger charge is 2.60. The number of aromatic nitrogens is 4. The Morgan fingerprint density at radius 2 is 2.17 bits per heavy atom. The Kier molecular flexibility index (Phi) is 2.31. The molecule has 1 saturated heterocycles. The monoisotopic (exact) mass is 257 g/mol. The van der Waals surface area contributed by atoms with Crippen LogP contribution in [0.15, 0.2) is 18.3 Å². The molecule has 1 N–H and O–H groups in total. The van der Waals surface area contributed by atoms with Crippen LogP contribution in [0, 0.1) is 0 Å². The van der Waals surface area contributed by atoms with Crippen molar-refractivity contribution in [2.75, 3.05) is 13.1 Å². The molecule has 1 aliphatic heterocycles. The topological polar surface area (TPSA) is 55.1 Å². The van der Waals surface area contributed by atoms with E-state index in [-0.39, 0.29) is 18.8 Å². The summed E-state index contributed by atoms with van der Waals surface area (Å²) in [6.45, 7) is 0.120. The van der Waals surface area contributed by atoms with Crippen molar-refractivity contribution in [1.29, 1.82) is 0 Å². The summed E-state index contributed by atoms with van der Waals surface area (Å²) in [7, 11) is 0. The van der Waals surface area contributed by atoms with Gasteiger partial charge in [-0.1, -0.05) is 0 Å². The summed E-state index contributed by atoms with van der Waals surface area (Å²) in [6, 6.07) is 3.19. The zero-order valence-electron chi connectivity index (χ0n) is 9.28. The van der Waals surface area contributed by atoms with Gasteiger partial charge in [-0.05, 0) is 25.1 Å². The van der Waals surface area contributed by atoms with Crippen LogP contribution in [-0.2, 0) is 5.41 Å². The second-order valence-corrected chi connectivity index (χ2v) is 4.32. The average molecular weight is 257 g/mol. The van der Waals surface area contributed by atoms with Crippen molar-refractivity contribution in [3.8, 4) is 0 Å². The van der Waals surface area contributed by atoms with Crippen LogP contribution < -0.4 is 5.32 Å². The molecule has 0 spiro atoms. The van der Waals surface area contributed by atoms with Crippen LogP contribution in [0.3, 0.4) is 0 Å². The zero-order chi connectivity index (χ0) is 12.8. The fraction of sp³-hybridized carbons (Fsp3) is 0.500. The number of rotatable bonds is 1. The minimum atomic E-state index is -4.38. The van der Waals surface area contributed by atoms with Crippen LogP contribution in [-0.4, -0.2) is 39.1 Å². The summed E-state index contributed by atoms with van der Waals surface area (Å²) in [5, 5.41) is 14.1. The third kappa shape index (κ3) is 1.41. The van der Waals surface area contributed by atoms with Gasteiger partial charge in [0, 0.05) is 12.7 Å². The minimum absolute atomic E-state index is 0.0478. The number of halogens is 3. The van der Waals surface area contributed by atoms with Gasteiger partial charge in [-0.2, -0.15) is 22.8 Å². The molecule has 0 radical (unpaired) electrons. The highest BCUT2D eigenvalue weighted by molar-refractivity contribution is 5.37. The smallest absolute Gasteiger partial charge is 0.315 e. The third-order valence-corrected chi connectivity index (χ3v) is 3.30. The summed E-state index contributed by atoms with van der Waals surface area (Å²) < 4.78 is 41.2. The molecule has 8 heteroatoms. The SMILES string of the molecule is FC(F)(F)C1(c2nnc3cccnn23)CCNC1. The number of alkyl halides is 3. The molecule has 2 aromatic heterocycles. The van der Waals surface area contributed by atoms with Gasteiger partial charge in [0.15, 0.2) is 11.5 Å². The van der Waals surface area contributed by atoms with Crippen molar-refractivity contribution in [1.82, 2.24) is 25.1 Å². The molecule has 2 aromatic rings. The van der Waals surface area contributed by atoms with Crippen molar-refractivity contribution < 1.29 is 13.2 Å². The fourth-order valence-electron chi connectivity index (χ4n) is 2.29. The molecule has 0 aromatic carbocycles. The number of nitrogens with one attached hydrogen (secondary N) is 1. The third-order valence-electron chi connectivity index (χ3n) is 3.30. The lowest BCUT2D eigenvalue weighted by Crippen LogP contribution is -2.45. The summed E-state index contributed by atoms with van der Waals surface area (Å²) in [6.07, 6.45) is -3.00. The van der Waals surface area contributed by atoms with Gasteiger partial charge in [0.05, 0.1) is 0 Å². The maximum atomic E-state index is 13.4. The van der Waals surface area contributed by atoms with Gasteiger partial charge in [-0.15, -0.1) is 10.2 Å². The lowest BCUT2D eigenvalue weighted by molar-refractivity contribution is -0.187. The number of fused-ring (bicyclic) bond motifs is 1. The lowest BCUT2D eigenvalue weighted by Gasteiger charge is -2.28. The molecule has 1 aliphatic rings. The highest BCUT2D eigenvalue weighted by atomic mass is 19.4. The van der Waals surface area contributed by atoms with E-state index in [1.807, 2.05) is 0 Å². The van der Waals surface area contributed by atoms with Gasteiger partial charge in [0.1, 0.15) is 5.41 Å². The molecule has 1 unspecified atom stereocenters. The predicted molar refractivity (Wildman–Crippen MR) is 56.0 cm³/mol. The number of hydrogen-bond acceptors (Lipinski definition) is 4. The normalized spacial score (nSPS) is 24.8. The van der Waals surface area contributed by atoms with E-state index in [9.17, 15) is 13.2 Å². The zero-order valence-corrected chi connectivity index (χ0v) is 9.28. The quantitative estimate of drug-likeness (QED) is 0.825. The molecule has 3 heterocycles. The Hall–Kier alpha value is -1.70. The molecule has 18 heavy (non-hydrogen) atoms. The standard InChI is InChI=1S/C10H10F3N5/c11-10(12,13)9(3-5-14-6-9)8-17-16-7-2-1-4-15-18(7)8/h1-2,4,14H,3,5-6H2. The first-order chi connectivity index (χ1) is 8.55. The Bertz CT molecular complexity index is 570. The molecule has 0 saturated carbocycles. The predicted octanol–water partition coefficient (Wildman–Crippen LogP) is 0.918. The van der Waals surface area contributed by atoms with Crippen molar-refractivity contribution in [2.45, 2.75) is 18.0 Å². The molecule has 5 nitrogen and oxygen atoms in total. The summed E-state index contributed by atoms with van der Waals surface area (Å²) in [5.74, 6) is -0.143. The van der Waals surface area contributed by atoms with Gasteiger partial charge in [-0.25, -0.2) is 0 Å². The Morgan fingerprint density at radius 1 is 1.33 bits per heavy atom. The molecule has 1 atom stereocenters. The van der Waals surface area contributed by atoms with E-state index in [0.717, 1.165) is 0 Å². The molecular weight excluding hydrogens is 247 g/mol. The van der Waals surface area contributed by atoms with E-state index < -0.39 is 11.6 Å². The van der Waals surface area contributed by atoms with E-state index >= 15 is 0 Å². The van der Waals surface area contributed by atoms with Crippen LogP contribution in [0.4, 0.5) is 13.2 Å². The lowest BCUT2D eigenvalue weighted by atomic mass is 9.85. The number of nitrogens with zero attached hydrogens (tertiary/aromatic N) is 4. The maximum absolute atomic E-state index is 13.4. The molecule has 0 bridgehead atoms. The summed E-state index contributed by atoms with van der Waals surface area (Å²) in [4.78, 5) is 0.